The Bertz CT molecular complexity index is 334. The first-order valence-electron chi connectivity index (χ1n) is 5.28. The molecule has 1 fully saturated rings. The molecule has 0 aliphatic heterocycles. The van der Waals surface area contributed by atoms with Gasteiger partial charge in [-0.1, -0.05) is 0 Å². The molecule has 1 aromatic rings. The second-order valence-corrected chi connectivity index (χ2v) is 3.83. The first-order chi connectivity index (χ1) is 7.33. The molecule has 3 heteroatoms. The maximum atomic E-state index is 5.30. The van der Waals surface area contributed by atoms with Crippen LogP contribution < -0.4 is 14.8 Å². The topological polar surface area (TPSA) is 30.5 Å². The lowest BCUT2D eigenvalue weighted by Crippen LogP contribution is -2.15. The van der Waals surface area contributed by atoms with Crippen molar-refractivity contribution < 1.29 is 9.47 Å². The van der Waals surface area contributed by atoms with E-state index in [1.165, 1.54) is 12.8 Å². The van der Waals surface area contributed by atoms with Crippen LogP contribution in [0.1, 0.15) is 18.4 Å². The highest BCUT2D eigenvalue weighted by Gasteiger charge is 2.20. The van der Waals surface area contributed by atoms with E-state index in [9.17, 15) is 0 Å². The van der Waals surface area contributed by atoms with Crippen LogP contribution >= 0.6 is 0 Å². The highest BCUT2D eigenvalue weighted by molar-refractivity contribution is 5.40. The lowest BCUT2D eigenvalue weighted by Gasteiger charge is -2.10. The fourth-order valence-corrected chi connectivity index (χ4v) is 1.56. The molecule has 3 nitrogen and oxygen atoms in total. The third kappa shape index (κ3) is 2.63. The molecule has 0 heterocycles. The molecule has 1 aromatic carbocycles. The van der Waals surface area contributed by atoms with Crippen LogP contribution in [-0.4, -0.2) is 20.3 Å². The van der Waals surface area contributed by atoms with Gasteiger partial charge in [-0.3, -0.25) is 0 Å². The van der Waals surface area contributed by atoms with Crippen LogP contribution in [-0.2, 0) is 6.54 Å². The van der Waals surface area contributed by atoms with Gasteiger partial charge in [-0.15, -0.1) is 0 Å². The fraction of sp³-hybridized carbons (Fsp3) is 0.500. The molecule has 0 bridgehead atoms. The third-order valence-corrected chi connectivity index (χ3v) is 2.65. The molecule has 1 aliphatic rings. The predicted molar refractivity (Wildman–Crippen MR) is 59.4 cm³/mol. The average Bonchev–Trinajstić information content (AvgIpc) is 3.09. The van der Waals surface area contributed by atoms with Crippen molar-refractivity contribution >= 4 is 0 Å². The molecule has 1 saturated carbocycles. The second kappa shape index (κ2) is 4.53. The molecule has 1 N–H and O–H groups in total. The lowest BCUT2D eigenvalue weighted by molar-refractivity contribution is 0.397. The molecule has 2 rings (SSSR count). The van der Waals surface area contributed by atoms with Crippen LogP contribution in [0.4, 0.5) is 0 Å². The van der Waals surface area contributed by atoms with E-state index >= 15 is 0 Å². The first-order valence-corrected chi connectivity index (χ1v) is 5.28. The van der Waals surface area contributed by atoms with Gasteiger partial charge < -0.3 is 14.8 Å². The first kappa shape index (κ1) is 10.3. The van der Waals surface area contributed by atoms with Crippen LogP contribution in [0.15, 0.2) is 18.2 Å². The Kier molecular flexibility index (Phi) is 3.11. The molecular formula is C12H17NO2. The summed E-state index contributed by atoms with van der Waals surface area (Å²) in [5.74, 6) is 1.80. The van der Waals surface area contributed by atoms with Crippen molar-refractivity contribution in [2.75, 3.05) is 14.2 Å². The molecular weight excluding hydrogens is 190 g/mol. The number of hydrogen-bond donors (Lipinski definition) is 1. The zero-order chi connectivity index (χ0) is 10.7. The van der Waals surface area contributed by atoms with Gasteiger partial charge in [0, 0.05) is 18.2 Å². The van der Waals surface area contributed by atoms with Gasteiger partial charge in [0.15, 0.2) is 0 Å². The largest absolute Gasteiger partial charge is 0.497 e. The molecule has 0 radical (unpaired) electrons. The zero-order valence-electron chi connectivity index (χ0n) is 9.25. The van der Waals surface area contributed by atoms with Crippen molar-refractivity contribution in [3.63, 3.8) is 0 Å². The summed E-state index contributed by atoms with van der Waals surface area (Å²) in [6.45, 7) is 0.852. The molecule has 0 unspecified atom stereocenters. The summed E-state index contributed by atoms with van der Waals surface area (Å²) in [5.41, 5.74) is 1.16. The van der Waals surface area contributed by atoms with E-state index in [4.69, 9.17) is 9.47 Å². The van der Waals surface area contributed by atoms with Crippen molar-refractivity contribution in [2.24, 2.45) is 0 Å². The van der Waals surface area contributed by atoms with Crippen molar-refractivity contribution in [2.45, 2.75) is 25.4 Å². The number of hydrogen-bond acceptors (Lipinski definition) is 3. The van der Waals surface area contributed by atoms with Crippen molar-refractivity contribution in [3.05, 3.63) is 23.8 Å². The van der Waals surface area contributed by atoms with E-state index in [-0.39, 0.29) is 0 Å². The van der Waals surface area contributed by atoms with Crippen LogP contribution in [0.25, 0.3) is 0 Å². The van der Waals surface area contributed by atoms with E-state index in [1.807, 2.05) is 18.2 Å². The van der Waals surface area contributed by atoms with Crippen LogP contribution in [0.5, 0.6) is 11.5 Å². The second-order valence-electron chi connectivity index (χ2n) is 3.83. The Balaban J connectivity index is 2.08. The summed E-state index contributed by atoms with van der Waals surface area (Å²) in [6.07, 6.45) is 2.60. The third-order valence-electron chi connectivity index (χ3n) is 2.65. The smallest absolute Gasteiger partial charge is 0.123 e. The van der Waals surface area contributed by atoms with Gasteiger partial charge in [-0.05, 0) is 31.0 Å². The van der Waals surface area contributed by atoms with E-state index in [0.717, 1.165) is 23.6 Å². The Labute approximate surface area is 90.4 Å². The summed E-state index contributed by atoms with van der Waals surface area (Å²) < 4.78 is 10.5. The minimum absolute atomic E-state index is 0.709. The van der Waals surface area contributed by atoms with Crippen molar-refractivity contribution in [1.29, 1.82) is 0 Å². The molecule has 0 atom stereocenters. The van der Waals surface area contributed by atoms with Gasteiger partial charge in [-0.2, -0.15) is 0 Å². The highest BCUT2D eigenvalue weighted by atomic mass is 16.5. The van der Waals surface area contributed by atoms with E-state index < -0.39 is 0 Å². The monoisotopic (exact) mass is 207 g/mol. The summed E-state index contributed by atoms with van der Waals surface area (Å²) in [4.78, 5) is 0. The summed E-state index contributed by atoms with van der Waals surface area (Å²) in [6, 6.07) is 6.59. The molecule has 0 saturated heterocycles. The predicted octanol–water partition coefficient (Wildman–Crippen LogP) is 1.96. The Morgan fingerprint density at radius 1 is 1.27 bits per heavy atom. The maximum Gasteiger partial charge on any atom is 0.123 e. The van der Waals surface area contributed by atoms with Gasteiger partial charge in [0.2, 0.25) is 0 Å². The highest BCUT2D eigenvalue weighted by Crippen LogP contribution is 2.25. The van der Waals surface area contributed by atoms with Crippen LogP contribution in [0, 0.1) is 0 Å². The van der Waals surface area contributed by atoms with Gasteiger partial charge in [-0.25, -0.2) is 0 Å². The minimum Gasteiger partial charge on any atom is -0.497 e. The van der Waals surface area contributed by atoms with Crippen molar-refractivity contribution in [3.8, 4) is 11.5 Å². The standard InChI is InChI=1S/C12H17NO2/c1-14-11-5-6-12(15-2)9(7-11)8-13-10-3-4-10/h5-7,10,13H,3-4,8H2,1-2H3. The molecule has 0 aromatic heterocycles. The quantitative estimate of drug-likeness (QED) is 0.800. The normalized spacial score (nSPS) is 15.1. The fourth-order valence-electron chi connectivity index (χ4n) is 1.56. The molecule has 15 heavy (non-hydrogen) atoms. The summed E-state index contributed by atoms with van der Waals surface area (Å²) in [5, 5.41) is 3.46. The Morgan fingerprint density at radius 2 is 2.07 bits per heavy atom. The van der Waals surface area contributed by atoms with Gasteiger partial charge >= 0.3 is 0 Å². The van der Waals surface area contributed by atoms with Gasteiger partial charge in [0.25, 0.3) is 0 Å². The molecule has 82 valence electrons. The van der Waals surface area contributed by atoms with E-state index in [2.05, 4.69) is 5.32 Å². The Hall–Kier alpha value is -1.22. The number of rotatable bonds is 5. The van der Waals surface area contributed by atoms with Gasteiger partial charge in [0.05, 0.1) is 14.2 Å². The van der Waals surface area contributed by atoms with Crippen LogP contribution in [0.3, 0.4) is 0 Å². The number of ether oxygens (including phenoxy) is 2. The summed E-state index contributed by atoms with van der Waals surface area (Å²) in [7, 11) is 3.38. The van der Waals surface area contributed by atoms with Gasteiger partial charge in [0.1, 0.15) is 11.5 Å². The molecule has 0 spiro atoms. The average molecular weight is 207 g/mol. The zero-order valence-corrected chi connectivity index (χ0v) is 9.25. The van der Waals surface area contributed by atoms with Crippen LogP contribution in [0.2, 0.25) is 0 Å². The number of nitrogens with one attached hydrogen (secondary N) is 1. The summed E-state index contributed by atoms with van der Waals surface area (Å²) >= 11 is 0. The minimum atomic E-state index is 0.709. The Morgan fingerprint density at radius 3 is 2.67 bits per heavy atom. The lowest BCUT2D eigenvalue weighted by atomic mass is 10.2. The van der Waals surface area contributed by atoms with E-state index in [0.29, 0.717) is 6.04 Å². The number of benzene rings is 1. The van der Waals surface area contributed by atoms with E-state index in [1.54, 1.807) is 14.2 Å². The molecule has 1 aliphatic carbocycles. The molecule has 0 amide bonds. The SMILES string of the molecule is COc1ccc(OC)c(CNC2CC2)c1. The maximum absolute atomic E-state index is 5.30. The van der Waals surface area contributed by atoms with Crippen molar-refractivity contribution in [1.82, 2.24) is 5.32 Å². The number of methoxy groups -OCH3 is 2.